The van der Waals surface area contributed by atoms with E-state index in [-0.39, 0.29) is 48.8 Å². The second-order valence-electron chi connectivity index (χ2n) is 30.9. The fourth-order valence-corrected chi connectivity index (χ4v) is 16.1. The van der Waals surface area contributed by atoms with Crippen molar-refractivity contribution in [2.45, 2.75) is 262 Å². The van der Waals surface area contributed by atoms with E-state index in [0.717, 1.165) is 89.9 Å². The van der Waals surface area contributed by atoms with Gasteiger partial charge >= 0.3 is 0 Å². The molecule has 0 bridgehead atoms. The number of aliphatic hydroxyl groups is 8. The lowest BCUT2D eigenvalue weighted by atomic mass is 9.72. The molecule has 0 radical (unpaired) electrons. The molecule has 8 N–H and O–H groups in total. The summed E-state index contributed by atoms with van der Waals surface area (Å²) in [7, 11) is 0. The number of rotatable bonds is 8. The van der Waals surface area contributed by atoms with Crippen LogP contribution in [-0.4, -0.2) is 89.7 Å². The van der Waals surface area contributed by atoms with Crippen LogP contribution in [-0.2, 0) is 0 Å². The van der Waals surface area contributed by atoms with Crippen molar-refractivity contribution in [2.24, 2.45) is 142 Å². The Balaban J connectivity index is 0.000000503. The van der Waals surface area contributed by atoms with E-state index < -0.39 is 0 Å². The zero-order valence-electron chi connectivity index (χ0n) is 59.6. The van der Waals surface area contributed by atoms with Crippen molar-refractivity contribution in [3.05, 3.63) is 101 Å². The molecule has 28 atom stereocenters. The lowest BCUT2D eigenvalue weighted by Gasteiger charge is -2.35. The van der Waals surface area contributed by atoms with E-state index in [1.165, 1.54) is 12.8 Å². The maximum atomic E-state index is 9.70. The van der Waals surface area contributed by atoms with Crippen LogP contribution in [0.4, 0.5) is 0 Å². The van der Waals surface area contributed by atoms with Crippen molar-refractivity contribution in [1.82, 2.24) is 0 Å². The Morgan fingerprint density at radius 3 is 1.12 bits per heavy atom. The third-order valence-corrected chi connectivity index (χ3v) is 24.0. The van der Waals surface area contributed by atoms with Crippen molar-refractivity contribution in [2.75, 3.05) is 0 Å². The fraction of sp³-hybridized carbons (Fsp3) is 0.800. The molecule has 8 nitrogen and oxygen atoms in total. The maximum Gasteiger partial charge on any atom is 0.0596 e. The maximum absolute atomic E-state index is 9.70. The highest BCUT2D eigenvalue weighted by Crippen LogP contribution is 2.40. The Labute approximate surface area is 543 Å². The summed E-state index contributed by atoms with van der Waals surface area (Å²) in [4.78, 5) is 0. The van der Waals surface area contributed by atoms with Crippen molar-refractivity contribution >= 4 is 0 Å². The van der Waals surface area contributed by atoms with Crippen LogP contribution in [0.1, 0.15) is 214 Å². The van der Waals surface area contributed by atoms with E-state index in [0.29, 0.717) is 142 Å². The first-order chi connectivity index (χ1) is 41.2. The number of hydrogen-bond acceptors (Lipinski definition) is 8. The van der Waals surface area contributed by atoms with Gasteiger partial charge in [0.05, 0.1) is 48.8 Å². The molecule has 0 saturated heterocycles. The molecule has 0 heterocycles. The molecule has 0 aliphatic heterocycles. The van der Waals surface area contributed by atoms with Crippen molar-refractivity contribution in [3.63, 3.8) is 0 Å². The van der Waals surface area contributed by atoms with Gasteiger partial charge in [-0.15, -0.1) is 52.6 Å². The molecule has 8 heteroatoms. The first-order valence-electron chi connectivity index (χ1n) is 35.7. The van der Waals surface area contributed by atoms with Gasteiger partial charge < -0.3 is 40.9 Å². The Hall–Kier alpha value is -2.40. The van der Waals surface area contributed by atoms with Gasteiger partial charge in [0.2, 0.25) is 0 Å². The van der Waals surface area contributed by atoms with Crippen LogP contribution in [0.25, 0.3) is 0 Å². The number of aliphatic hydroxyl groups excluding tert-OH is 8. The topological polar surface area (TPSA) is 162 Å². The average molecular weight is 1230 g/mol. The molecule has 8 rings (SSSR count). The van der Waals surface area contributed by atoms with Gasteiger partial charge in [-0.3, -0.25) is 0 Å². The predicted octanol–water partition coefficient (Wildman–Crippen LogP) is 17.7. The molecule has 88 heavy (non-hydrogen) atoms. The van der Waals surface area contributed by atoms with Crippen LogP contribution in [0.3, 0.4) is 0 Å². The molecule has 8 fully saturated rings. The highest BCUT2D eigenvalue weighted by Gasteiger charge is 2.36. The van der Waals surface area contributed by atoms with Gasteiger partial charge in [-0.05, 0) is 245 Å². The summed E-state index contributed by atoms with van der Waals surface area (Å²) < 4.78 is 0. The highest BCUT2D eigenvalue weighted by molar-refractivity contribution is 4.97. The van der Waals surface area contributed by atoms with E-state index in [4.69, 9.17) is 0 Å². The molecule has 0 spiro atoms. The molecule has 8 aliphatic carbocycles. The first kappa shape index (κ1) is 83.6. The zero-order chi connectivity index (χ0) is 67.4. The van der Waals surface area contributed by atoms with Crippen LogP contribution < -0.4 is 0 Å². The first-order valence-corrected chi connectivity index (χ1v) is 35.7. The summed E-state index contributed by atoms with van der Waals surface area (Å²) in [5.74, 6) is 13.3. The summed E-state index contributed by atoms with van der Waals surface area (Å²) in [6, 6.07) is 0. The second kappa shape index (κ2) is 42.8. The summed E-state index contributed by atoms with van der Waals surface area (Å²) >= 11 is 0. The molecule has 0 aromatic rings. The minimum Gasteiger partial charge on any atom is -0.393 e. The van der Waals surface area contributed by atoms with Gasteiger partial charge in [0.25, 0.3) is 0 Å². The van der Waals surface area contributed by atoms with E-state index in [1.54, 1.807) is 0 Å². The molecule has 0 amide bonds. The Morgan fingerprint density at radius 2 is 0.636 bits per heavy atom. The summed E-state index contributed by atoms with van der Waals surface area (Å²) in [5, 5.41) is 76.4. The molecular weight excluding hydrogens is 1090 g/mol. The Morgan fingerprint density at radius 1 is 0.227 bits per heavy atom. The minimum absolute atomic E-state index is 0.0730. The lowest BCUT2D eigenvalue weighted by Crippen LogP contribution is -2.35. The molecular formula is C80H144O8. The number of hydrogen-bond donors (Lipinski definition) is 8. The average Bonchev–Trinajstić information content (AvgIpc) is 3.68. The quantitative estimate of drug-likeness (QED) is 0.111. The van der Waals surface area contributed by atoms with Crippen molar-refractivity contribution in [3.8, 4) is 0 Å². The monoisotopic (exact) mass is 1230 g/mol. The zero-order valence-corrected chi connectivity index (χ0v) is 59.6. The largest absolute Gasteiger partial charge is 0.393 e. The van der Waals surface area contributed by atoms with E-state index >= 15 is 0 Å². The van der Waals surface area contributed by atoms with Gasteiger partial charge in [0, 0.05) is 0 Å². The van der Waals surface area contributed by atoms with Crippen LogP contribution >= 0.6 is 0 Å². The normalized spacial score (nSPS) is 45.4. The standard InChI is InChI=1S/8C10H18O/c1-4-9-5-8(3)10(11)6-7(9)2;1-4-9-6-10(11)5-7(2)8(9)3;1-4-9-5-7(2)8(3)10(11)6-9;1-4-10-7(2)5-9(11)6-8(10)3;1-4-9-5-7(2)10(11)8(3)6-9;1-4-9-6-10(11)8(3)5-7(9)2;1-4-9-5-6-10(11)8(3)7(9)2;1-4-9-6-5-7(2)10(11)8(9)3/h8*4,7-11H,1,5-6H2,2-3H3. The van der Waals surface area contributed by atoms with Gasteiger partial charge in [-0.1, -0.05) is 159 Å². The second-order valence-corrected chi connectivity index (χ2v) is 30.9. The predicted molar refractivity (Wildman–Crippen MR) is 378 cm³/mol. The third kappa shape index (κ3) is 27.7. The highest BCUT2D eigenvalue weighted by atomic mass is 16.3. The number of allylic oxidation sites excluding steroid dienone is 8. The Bertz CT molecular complexity index is 1800. The summed E-state index contributed by atoms with van der Waals surface area (Å²) in [6.45, 7) is 65.1. The summed E-state index contributed by atoms with van der Waals surface area (Å²) in [6.07, 6.45) is 31.9. The molecule has 28 unspecified atom stereocenters. The molecule has 8 aliphatic rings. The van der Waals surface area contributed by atoms with Crippen LogP contribution in [0.2, 0.25) is 0 Å². The third-order valence-electron chi connectivity index (χ3n) is 24.0. The van der Waals surface area contributed by atoms with Gasteiger partial charge in [0.1, 0.15) is 0 Å². The van der Waals surface area contributed by atoms with Crippen molar-refractivity contribution < 1.29 is 40.9 Å². The van der Waals surface area contributed by atoms with E-state index in [1.807, 2.05) is 48.6 Å². The summed E-state index contributed by atoms with van der Waals surface area (Å²) in [5.41, 5.74) is 0. The molecule has 0 aromatic carbocycles. The Kier molecular flexibility index (Phi) is 40.6. The van der Waals surface area contributed by atoms with Crippen molar-refractivity contribution in [1.29, 1.82) is 0 Å². The van der Waals surface area contributed by atoms with Gasteiger partial charge in [-0.25, -0.2) is 0 Å². The smallest absolute Gasteiger partial charge is 0.0596 e. The fourth-order valence-electron chi connectivity index (χ4n) is 16.1. The van der Waals surface area contributed by atoms with Gasteiger partial charge in [0.15, 0.2) is 0 Å². The van der Waals surface area contributed by atoms with E-state index in [2.05, 4.69) is 163 Å². The van der Waals surface area contributed by atoms with Crippen LogP contribution in [0.15, 0.2) is 101 Å². The SMILES string of the molecule is C=CC1C(C)CC(O)CC1C.C=CC1CC(C)C(C)C(O)C1.C=CC1CC(C)C(O)C(C)C1.C=CC1CC(C)C(O)CC1C.C=CC1CC(O)C(C)CC1C.C=CC1CC(O)CC(C)C1C.C=CC1CCC(C)C(O)C1C.C=CC1CCC(O)C(C)C1C. The van der Waals surface area contributed by atoms with Crippen LogP contribution in [0, 0.1) is 142 Å². The van der Waals surface area contributed by atoms with E-state index in [9.17, 15) is 40.9 Å². The molecule has 0 aromatic heterocycles. The van der Waals surface area contributed by atoms with Crippen LogP contribution in [0.5, 0.6) is 0 Å². The van der Waals surface area contributed by atoms with Gasteiger partial charge in [-0.2, -0.15) is 0 Å². The molecule has 512 valence electrons. The minimum atomic E-state index is -0.119. The lowest BCUT2D eigenvalue weighted by molar-refractivity contribution is 0.0134. The molecule has 8 saturated carbocycles.